The molecular weight excluding hydrogens is 626 g/mol. The van der Waals surface area contributed by atoms with Gasteiger partial charge in [-0.15, -0.1) is 11.6 Å². The Morgan fingerprint density at radius 2 is 1.80 bits per heavy atom. The fraction of sp³-hybridized carbons (Fsp3) is 0.778. The van der Waals surface area contributed by atoms with Crippen LogP contribution in [0.3, 0.4) is 0 Å². The van der Waals surface area contributed by atoms with E-state index in [1.807, 2.05) is 44.5 Å². The van der Waals surface area contributed by atoms with E-state index in [1.165, 1.54) is 63.0 Å². The molecule has 0 amide bonds. The number of benzene rings is 1. The summed E-state index contributed by atoms with van der Waals surface area (Å²) >= 11 is 2.01. The van der Waals surface area contributed by atoms with E-state index in [2.05, 4.69) is 20.8 Å². The summed E-state index contributed by atoms with van der Waals surface area (Å²) in [4.78, 5) is 13.5. The molecule has 0 N–H and O–H groups in total. The molecule has 7 atom stereocenters. The van der Waals surface area contributed by atoms with Gasteiger partial charge in [0.1, 0.15) is 5.78 Å². The summed E-state index contributed by atoms with van der Waals surface area (Å²) in [6.07, 6.45) is 5.00. The molecule has 2 saturated carbocycles. The summed E-state index contributed by atoms with van der Waals surface area (Å²) in [7, 11) is 1.81. The Bertz CT molecular complexity index is 1030. The molecule has 5 rings (SSSR count). The number of hydrogen-bond donors (Lipinski definition) is 0. The normalized spacial score (nSPS) is 30.4. The standard InChI is InChI=1S/C16H20F4N.C11H18O.C7H14OS.C2H6.K/c1-4-13-7-10(2)9-21(13)15-8-12(16(18,19)20)5-6-14(15)11(3)17;1-8-6-10-4-3-5-11(10,7-8)9(2)12;1-6-3-4-9-5-7(6)8-2;1-2;/h5-6,8,10,13H,4,7,9H2,1-3H3;8,10H,3-7H2,1-2H3;6-7H,3-5H2,1-2H3;1-2H3;/q-1;;;;+1. The minimum atomic E-state index is -4.41. The van der Waals surface area contributed by atoms with Crippen LogP contribution in [0.2, 0.25) is 0 Å². The number of nitrogens with zero attached hydrogens (tertiary/aromatic N) is 1. The van der Waals surface area contributed by atoms with Gasteiger partial charge in [-0.2, -0.15) is 31.0 Å². The van der Waals surface area contributed by atoms with Crippen molar-refractivity contribution in [2.75, 3.05) is 30.1 Å². The number of hydrogen-bond acceptors (Lipinski definition) is 4. The summed E-state index contributed by atoms with van der Waals surface area (Å²) in [5.74, 6) is 5.69. The van der Waals surface area contributed by atoms with Crippen LogP contribution in [0.5, 0.6) is 0 Å². The Balaban J connectivity index is 0.000000356. The van der Waals surface area contributed by atoms with Crippen LogP contribution < -0.4 is 56.3 Å². The van der Waals surface area contributed by atoms with Gasteiger partial charge >= 0.3 is 57.6 Å². The van der Waals surface area contributed by atoms with Gasteiger partial charge in [0.25, 0.3) is 0 Å². The van der Waals surface area contributed by atoms with E-state index in [4.69, 9.17) is 4.74 Å². The van der Waals surface area contributed by atoms with Gasteiger partial charge in [-0.25, -0.2) is 0 Å². The van der Waals surface area contributed by atoms with Gasteiger partial charge in [-0.3, -0.25) is 9.18 Å². The van der Waals surface area contributed by atoms with Crippen molar-refractivity contribution in [2.45, 2.75) is 125 Å². The molecule has 4 aliphatic rings. The van der Waals surface area contributed by atoms with E-state index in [0.717, 1.165) is 42.7 Å². The maximum atomic E-state index is 13.7. The van der Waals surface area contributed by atoms with Crippen molar-refractivity contribution in [2.24, 2.45) is 29.1 Å². The molecule has 7 unspecified atom stereocenters. The van der Waals surface area contributed by atoms with E-state index < -0.39 is 17.9 Å². The van der Waals surface area contributed by atoms with Crippen molar-refractivity contribution in [1.82, 2.24) is 0 Å². The first-order valence-electron chi connectivity index (χ1n) is 16.8. The molecule has 0 spiro atoms. The third-order valence-electron chi connectivity index (χ3n) is 10.1. The zero-order chi connectivity index (χ0) is 33.2. The number of anilines is 1. The first kappa shape index (κ1) is 43.2. The van der Waals surface area contributed by atoms with Gasteiger partial charge in [0.05, 0.1) is 6.10 Å². The van der Waals surface area contributed by atoms with Crippen LogP contribution in [0.4, 0.5) is 23.2 Å². The number of ketones is 1. The van der Waals surface area contributed by atoms with Crippen molar-refractivity contribution < 1.29 is 78.5 Å². The Labute approximate surface area is 318 Å². The number of fused-ring (bicyclic) bond motifs is 1. The van der Waals surface area contributed by atoms with Crippen molar-refractivity contribution in [1.29, 1.82) is 0 Å². The van der Waals surface area contributed by atoms with Crippen LogP contribution in [0.25, 0.3) is 0 Å². The number of rotatable bonds is 5. The van der Waals surface area contributed by atoms with E-state index >= 15 is 0 Å². The predicted molar refractivity (Wildman–Crippen MR) is 178 cm³/mol. The SMILES string of the molecule is CC.CC(=O)C12CCCC1CC(C)C2.CCC1CC(C)CN1c1cc(C(F)(F)F)ccc1[C-](C)F.COC1CSCCC1C.[K+]. The molecule has 2 aliphatic carbocycles. The maximum Gasteiger partial charge on any atom is 1.00 e. The summed E-state index contributed by atoms with van der Waals surface area (Å²) in [5, 5.41) is 0. The summed E-state index contributed by atoms with van der Waals surface area (Å²) in [6.45, 7) is 16.4. The third kappa shape index (κ3) is 11.7. The van der Waals surface area contributed by atoms with Crippen LogP contribution in [0.1, 0.15) is 118 Å². The fourth-order valence-corrected chi connectivity index (χ4v) is 9.15. The first-order valence-corrected chi connectivity index (χ1v) is 18.0. The number of carbonyl (C=O) groups excluding carboxylic acids is 1. The zero-order valence-corrected chi connectivity index (χ0v) is 33.6. The largest absolute Gasteiger partial charge is 1.00 e. The number of ether oxygens (including phenoxy) is 1. The molecule has 45 heavy (non-hydrogen) atoms. The molecule has 0 bridgehead atoms. The molecule has 0 radical (unpaired) electrons. The molecule has 3 nitrogen and oxygen atoms in total. The van der Waals surface area contributed by atoms with E-state index in [-0.39, 0.29) is 68.4 Å². The number of alkyl halides is 3. The van der Waals surface area contributed by atoms with Gasteiger partial charge in [-0.1, -0.05) is 66.6 Å². The van der Waals surface area contributed by atoms with Crippen LogP contribution in [0.15, 0.2) is 18.2 Å². The van der Waals surface area contributed by atoms with Crippen LogP contribution in [-0.4, -0.2) is 43.1 Å². The number of Topliss-reactive ketones (excluding diaryl/α,β-unsaturated/α-hetero) is 1. The maximum absolute atomic E-state index is 13.7. The molecule has 2 saturated heterocycles. The minimum Gasteiger partial charge on any atom is -0.420 e. The molecule has 1 aromatic carbocycles. The van der Waals surface area contributed by atoms with Gasteiger partial charge in [0, 0.05) is 36.4 Å². The monoisotopic (exact) mass is 683 g/mol. The molecular formula is C36H58F4KNO2S. The van der Waals surface area contributed by atoms with E-state index in [1.54, 1.807) is 6.92 Å². The zero-order valence-electron chi connectivity index (χ0n) is 29.7. The Kier molecular flexibility index (Phi) is 19.3. The van der Waals surface area contributed by atoms with Crippen LogP contribution in [-0.2, 0) is 15.7 Å². The number of thioether (sulfide) groups is 1. The van der Waals surface area contributed by atoms with Crippen LogP contribution >= 0.6 is 11.8 Å². The second kappa shape index (κ2) is 20.0. The Morgan fingerprint density at radius 1 is 1.13 bits per heavy atom. The molecule has 254 valence electrons. The fourth-order valence-electron chi connectivity index (χ4n) is 7.74. The number of methoxy groups -OCH3 is 1. The molecule has 2 heterocycles. The van der Waals surface area contributed by atoms with Crippen molar-refractivity contribution in [3.63, 3.8) is 0 Å². The summed E-state index contributed by atoms with van der Waals surface area (Å²) in [6, 6.07) is 3.44. The van der Waals surface area contributed by atoms with Gasteiger partial charge < -0.3 is 9.64 Å². The number of carbonyl (C=O) groups is 1. The van der Waals surface area contributed by atoms with Gasteiger partial charge in [0.15, 0.2) is 0 Å². The van der Waals surface area contributed by atoms with E-state index in [9.17, 15) is 22.4 Å². The predicted octanol–water partition coefficient (Wildman–Crippen LogP) is 7.80. The minimum absolute atomic E-state index is 0. The molecule has 0 aromatic heterocycles. The molecule has 4 fully saturated rings. The molecule has 2 aliphatic heterocycles. The smallest absolute Gasteiger partial charge is 0.420 e. The average molecular weight is 684 g/mol. The van der Waals surface area contributed by atoms with Crippen molar-refractivity contribution in [3.8, 4) is 0 Å². The first-order chi connectivity index (χ1) is 20.7. The van der Waals surface area contributed by atoms with E-state index in [0.29, 0.717) is 30.0 Å². The number of halogens is 4. The topological polar surface area (TPSA) is 29.5 Å². The third-order valence-corrected chi connectivity index (χ3v) is 11.2. The summed E-state index contributed by atoms with van der Waals surface area (Å²) < 4.78 is 57.8. The Morgan fingerprint density at radius 3 is 2.29 bits per heavy atom. The van der Waals surface area contributed by atoms with Crippen molar-refractivity contribution in [3.05, 3.63) is 35.5 Å². The van der Waals surface area contributed by atoms with Crippen molar-refractivity contribution >= 4 is 23.2 Å². The summed E-state index contributed by atoms with van der Waals surface area (Å²) in [5.41, 5.74) is 0.0351. The second-order valence-corrected chi connectivity index (χ2v) is 14.4. The molecule has 1 aromatic rings. The van der Waals surface area contributed by atoms with Gasteiger partial charge in [-0.05, 0) is 87.5 Å². The average Bonchev–Trinajstić information content (AvgIpc) is 3.66. The second-order valence-electron chi connectivity index (χ2n) is 13.3. The Hall–Kier alpha value is 0.226. The van der Waals surface area contributed by atoms with Gasteiger partial charge in [0.2, 0.25) is 0 Å². The molecule has 9 heteroatoms. The van der Waals surface area contributed by atoms with Crippen LogP contribution in [0, 0.1) is 35.3 Å². The quantitative estimate of drug-likeness (QED) is 0.180.